The molecule has 0 radical (unpaired) electrons. The zero-order valence-corrected chi connectivity index (χ0v) is 12.2. The number of carbonyl (C=O) groups is 1. The predicted molar refractivity (Wildman–Crippen MR) is 80.3 cm³/mol. The molecule has 0 unspecified atom stereocenters. The first-order chi connectivity index (χ1) is 9.08. The van der Waals surface area contributed by atoms with Crippen LogP contribution in [0.2, 0.25) is 10.0 Å². The van der Waals surface area contributed by atoms with E-state index in [4.69, 9.17) is 28.9 Å². The average Bonchev–Trinajstić information content (AvgIpc) is 2.88. The maximum absolute atomic E-state index is 11.8. The van der Waals surface area contributed by atoms with Crippen molar-refractivity contribution in [1.82, 2.24) is 10.2 Å². The number of aliphatic imine (C=N–C) groups is 1. The number of amides is 2. The number of para-hydroxylation sites is 1. The average molecular weight is 319 g/mol. The van der Waals surface area contributed by atoms with E-state index in [1.165, 1.54) is 0 Å². The fraction of sp³-hybridized carbons (Fsp3) is 0.273. The quantitative estimate of drug-likeness (QED) is 0.617. The van der Waals surface area contributed by atoms with Crippen LogP contribution < -0.4 is 11.1 Å². The number of halogens is 2. The van der Waals surface area contributed by atoms with Gasteiger partial charge >= 0.3 is 6.03 Å². The molecule has 0 aliphatic carbocycles. The van der Waals surface area contributed by atoms with Crippen molar-refractivity contribution in [2.75, 3.05) is 18.2 Å². The van der Waals surface area contributed by atoms with Gasteiger partial charge in [-0.15, -0.1) is 11.8 Å². The number of rotatable bonds is 1. The molecule has 3 N–H and O–H groups in total. The third kappa shape index (κ3) is 3.68. The van der Waals surface area contributed by atoms with Crippen LogP contribution in [0.5, 0.6) is 0 Å². The van der Waals surface area contributed by atoms with Crippen molar-refractivity contribution in [3.63, 3.8) is 0 Å². The van der Waals surface area contributed by atoms with Gasteiger partial charge in [0.25, 0.3) is 0 Å². The number of nitrogens with two attached hydrogens (primary N) is 1. The van der Waals surface area contributed by atoms with Crippen LogP contribution in [0, 0.1) is 0 Å². The summed E-state index contributed by atoms with van der Waals surface area (Å²) < 4.78 is 0. The van der Waals surface area contributed by atoms with Crippen molar-refractivity contribution in [1.29, 1.82) is 0 Å². The summed E-state index contributed by atoms with van der Waals surface area (Å²) in [4.78, 5) is 17.5. The number of benzene rings is 1. The van der Waals surface area contributed by atoms with Crippen molar-refractivity contribution in [2.45, 2.75) is 0 Å². The molecule has 1 aromatic rings. The first-order valence-electron chi connectivity index (χ1n) is 5.50. The molecule has 8 heteroatoms. The third-order valence-electron chi connectivity index (χ3n) is 2.44. The van der Waals surface area contributed by atoms with E-state index in [0.29, 0.717) is 28.2 Å². The highest BCUT2D eigenvalue weighted by atomic mass is 35.5. The minimum atomic E-state index is -0.269. The maximum Gasteiger partial charge on any atom is 0.324 e. The lowest BCUT2D eigenvalue weighted by Gasteiger charge is -2.14. The smallest absolute Gasteiger partial charge is 0.324 e. The van der Waals surface area contributed by atoms with Gasteiger partial charge in [-0.3, -0.25) is 5.32 Å². The van der Waals surface area contributed by atoms with Gasteiger partial charge in [-0.25, -0.2) is 9.79 Å². The molecule has 102 valence electrons. The molecule has 0 spiro atoms. The second-order valence-corrected chi connectivity index (χ2v) is 5.69. The van der Waals surface area contributed by atoms with Crippen LogP contribution >= 0.6 is 35.0 Å². The van der Waals surface area contributed by atoms with E-state index < -0.39 is 0 Å². The molecule has 0 aromatic heterocycles. The fourth-order valence-corrected chi connectivity index (χ4v) is 2.93. The molecule has 1 aliphatic rings. The highest BCUT2D eigenvalue weighted by Crippen LogP contribution is 2.32. The van der Waals surface area contributed by atoms with E-state index >= 15 is 0 Å². The van der Waals surface area contributed by atoms with Gasteiger partial charge in [-0.05, 0) is 12.1 Å². The summed E-state index contributed by atoms with van der Waals surface area (Å²) in [5.74, 6) is 1.56. The monoisotopic (exact) mass is 318 g/mol. The summed E-state index contributed by atoms with van der Waals surface area (Å²) in [6.45, 7) is 0.705. The summed E-state index contributed by atoms with van der Waals surface area (Å²) in [6.07, 6.45) is 0. The second-order valence-electron chi connectivity index (χ2n) is 3.80. The Labute approximate surface area is 125 Å². The number of urea groups is 1. The van der Waals surface area contributed by atoms with Crippen molar-refractivity contribution in [3.05, 3.63) is 28.2 Å². The Morgan fingerprint density at radius 3 is 2.68 bits per heavy atom. The number of hydrogen-bond donors (Lipinski definition) is 2. The molecule has 0 atom stereocenters. The minimum absolute atomic E-state index is 0.0306. The van der Waals surface area contributed by atoms with E-state index in [0.717, 1.165) is 5.75 Å². The molecule has 1 fully saturated rings. The summed E-state index contributed by atoms with van der Waals surface area (Å²) in [5.41, 5.74) is 6.03. The summed E-state index contributed by atoms with van der Waals surface area (Å²) >= 11 is 13.6. The molecule has 0 bridgehead atoms. The van der Waals surface area contributed by atoms with Gasteiger partial charge in [-0.2, -0.15) is 0 Å². The van der Waals surface area contributed by atoms with Crippen molar-refractivity contribution >= 4 is 52.6 Å². The summed E-state index contributed by atoms with van der Waals surface area (Å²) in [7, 11) is 0. The highest BCUT2D eigenvalue weighted by Gasteiger charge is 2.18. The number of guanidine groups is 1. The van der Waals surface area contributed by atoms with E-state index in [1.807, 2.05) is 0 Å². The zero-order valence-electron chi connectivity index (χ0n) is 9.90. The van der Waals surface area contributed by atoms with Crippen LogP contribution in [0.1, 0.15) is 0 Å². The Balaban J connectivity index is 2.08. The number of carbonyl (C=O) groups excluding carboxylic acids is 1. The lowest BCUT2D eigenvalue weighted by atomic mass is 10.3. The van der Waals surface area contributed by atoms with Gasteiger partial charge in [0.2, 0.25) is 5.96 Å². The first-order valence-corrected chi connectivity index (χ1v) is 7.41. The fourth-order valence-electron chi connectivity index (χ4n) is 1.51. The van der Waals surface area contributed by atoms with Crippen molar-refractivity contribution in [2.24, 2.45) is 10.7 Å². The standard InChI is InChI=1S/C11H12Cl2N4OS/c12-7-2-1-3-8(13)9(7)15-10(14)16-11(18)17-4-5-19-6-17/h1-3H,4-6H2,(H3,14,15,16,18). The molecule has 1 heterocycles. The van der Waals surface area contributed by atoms with E-state index in [9.17, 15) is 4.79 Å². The zero-order chi connectivity index (χ0) is 13.8. The number of nitrogens with one attached hydrogen (secondary N) is 1. The molecular weight excluding hydrogens is 307 g/mol. The molecule has 1 saturated heterocycles. The van der Waals surface area contributed by atoms with E-state index in [1.54, 1.807) is 34.9 Å². The molecule has 2 amide bonds. The van der Waals surface area contributed by atoms with Gasteiger partial charge in [0.15, 0.2) is 0 Å². The highest BCUT2D eigenvalue weighted by molar-refractivity contribution is 7.99. The van der Waals surface area contributed by atoms with Crippen LogP contribution in [-0.2, 0) is 0 Å². The lowest BCUT2D eigenvalue weighted by Crippen LogP contribution is -2.44. The van der Waals surface area contributed by atoms with Crippen LogP contribution in [0.25, 0.3) is 0 Å². The van der Waals surface area contributed by atoms with Crippen LogP contribution in [0.3, 0.4) is 0 Å². The van der Waals surface area contributed by atoms with Crippen molar-refractivity contribution in [3.8, 4) is 0 Å². The molecule has 0 saturated carbocycles. The molecule has 2 rings (SSSR count). The third-order valence-corrected chi connectivity index (χ3v) is 4.02. The number of thioether (sulfide) groups is 1. The van der Waals surface area contributed by atoms with Gasteiger partial charge in [0, 0.05) is 12.3 Å². The second kappa shape index (κ2) is 6.36. The minimum Gasteiger partial charge on any atom is -0.369 e. The van der Waals surface area contributed by atoms with E-state index in [2.05, 4.69) is 10.3 Å². The summed E-state index contributed by atoms with van der Waals surface area (Å²) in [5, 5.41) is 3.26. The van der Waals surface area contributed by atoms with Crippen LogP contribution in [0.15, 0.2) is 23.2 Å². The molecule has 5 nitrogen and oxygen atoms in total. The first kappa shape index (κ1) is 14.3. The van der Waals surface area contributed by atoms with Gasteiger partial charge < -0.3 is 10.6 Å². The molecule has 19 heavy (non-hydrogen) atoms. The predicted octanol–water partition coefficient (Wildman–Crippen LogP) is 2.66. The number of nitrogens with zero attached hydrogens (tertiary/aromatic N) is 2. The van der Waals surface area contributed by atoms with Gasteiger partial charge in [0.05, 0.1) is 15.9 Å². The maximum atomic E-state index is 11.8. The Bertz CT molecular complexity index is 497. The Kier molecular flexibility index (Phi) is 4.79. The number of hydrogen-bond acceptors (Lipinski definition) is 3. The normalized spacial score (nSPS) is 15.7. The SMILES string of the molecule is NC(=Nc1c(Cl)cccc1Cl)NC(=O)N1CCSC1. The Morgan fingerprint density at radius 1 is 1.42 bits per heavy atom. The molecular formula is C11H12Cl2N4OS. The lowest BCUT2D eigenvalue weighted by molar-refractivity contribution is 0.216. The van der Waals surface area contributed by atoms with Crippen molar-refractivity contribution < 1.29 is 4.79 Å². The summed E-state index contributed by atoms with van der Waals surface area (Å²) in [6, 6.07) is 4.74. The van der Waals surface area contributed by atoms with Gasteiger partial charge in [0.1, 0.15) is 5.69 Å². The molecule has 1 aromatic carbocycles. The topological polar surface area (TPSA) is 70.7 Å². The van der Waals surface area contributed by atoms with Gasteiger partial charge in [-0.1, -0.05) is 29.3 Å². The Morgan fingerprint density at radius 2 is 2.11 bits per heavy atom. The van der Waals surface area contributed by atoms with Crippen LogP contribution in [-0.4, -0.2) is 35.1 Å². The van der Waals surface area contributed by atoms with E-state index in [-0.39, 0.29) is 12.0 Å². The molecule has 1 aliphatic heterocycles. The largest absolute Gasteiger partial charge is 0.369 e. The Hall–Kier alpha value is -1.11. The van der Waals surface area contributed by atoms with Crippen LogP contribution in [0.4, 0.5) is 10.5 Å².